The van der Waals surface area contributed by atoms with E-state index in [9.17, 15) is 22.8 Å². The first-order valence-electron chi connectivity index (χ1n) is 9.18. The molecule has 1 aliphatic carbocycles. The molecule has 3 aliphatic rings. The zero-order valence-corrected chi connectivity index (χ0v) is 15.6. The number of carbonyl (C=O) groups excluding carboxylic acids is 2. The van der Waals surface area contributed by atoms with Crippen LogP contribution >= 0.6 is 0 Å². The number of hydrogen-bond donors (Lipinski definition) is 2. The van der Waals surface area contributed by atoms with Crippen LogP contribution in [0.25, 0.3) is 0 Å². The molecule has 146 valence electrons. The number of rotatable bonds is 5. The lowest BCUT2D eigenvalue weighted by Crippen LogP contribution is -2.43. The molecule has 3 fully saturated rings. The molecule has 27 heavy (non-hydrogen) atoms. The third kappa shape index (κ3) is 3.76. The summed E-state index contributed by atoms with van der Waals surface area (Å²) in [5.41, 5.74) is 0.298. The first-order valence-corrected chi connectivity index (χ1v) is 10.9. The van der Waals surface area contributed by atoms with Gasteiger partial charge in [0.25, 0.3) is 5.56 Å². The second-order valence-corrected chi connectivity index (χ2v) is 9.90. The van der Waals surface area contributed by atoms with Gasteiger partial charge in [-0.1, -0.05) is 0 Å². The predicted octanol–water partition coefficient (Wildman–Crippen LogP) is -1.15. The number of amides is 2. The molecule has 2 amide bonds. The Morgan fingerprint density at radius 1 is 1.26 bits per heavy atom. The zero-order chi connectivity index (χ0) is 19.2. The van der Waals surface area contributed by atoms with Gasteiger partial charge in [-0.2, -0.15) is 5.10 Å². The summed E-state index contributed by atoms with van der Waals surface area (Å²) in [6, 6.07) is 2.51. The number of nitrogens with one attached hydrogen (secondary N) is 2. The molecule has 0 bridgehead atoms. The molecule has 1 aromatic heterocycles. The van der Waals surface area contributed by atoms with Gasteiger partial charge >= 0.3 is 0 Å². The van der Waals surface area contributed by atoms with E-state index in [1.165, 1.54) is 6.07 Å². The lowest BCUT2D eigenvalue weighted by molar-refractivity contribution is -0.130. The average molecular weight is 394 g/mol. The van der Waals surface area contributed by atoms with E-state index in [-0.39, 0.29) is 47.9 Å². The van der Waals surface area contributed by atoms with E-state index in [4.69, 9.17) is 0 Å². The van der Waals surface area contributed by atoms with Crippen LogP contribution in [0.4, 0.5) is 0 Å². The first kappa shape index (κ1) is 18.1. The normalized spacial score (nSPS) is 28.7. The van der Waals surface area contributed by atoms with Crippen molar-refractivity contribution in [1.82, 2.24) is 20.4 Å². The van der Waals surface area contributed by atoms with Gasteiger partial charge in [0.1, 0.15) is 0 Å². The van der Waals surface area contributed by atoms with E-state index in [0.29, 0.717) is 18.7 Å². The standard InChI is InChI=1S/C17H22N4O5S/c22-15-5-3-11(19-20-15)4-6-16(23)21-7-12-13(18-17(24)10-1-2-10)9-27(25,26)14(12)8-21/h3,5,10,12-14H,1-2,4,6-9H2,(H,18,24)(H,20,22)/t12-,13+,14-/m0/s1. The van der Waals surface area contributed by atoms with Crippen molar-refractivity contribution >= 4 is 21.7 Å². The van der Waals surface area contributed by atoms with Crippen molar-refractivity contribution in [3.05, 3.63) is 28.2 Å². The van der Waals surface area contributed by atoms with Gasteiger partial charge in [-0.3, -0.25) is 14.4 Å². The summed E-state index contributed by atoms with van der Waals surface area (Å²) in [5.74, 6) is -0.461. The second kappa shape index (κ2) is 6.74. The molecule has 1 aromatic rings. The van der Waals surface area contributed by atoms with E-state index < -0.39 is 21.1 Å². The Labute approximate surface area is 156 Å². The second-order valence-electron chi connectivity index (χ2n) is 7.63. The Morgan fingerprint density at radius 3 is 2.70 bits per heavy atom. The number of likely N-dealkylation sites (tertiary alicyclic amines) is 1. The summed E-state index contributed by atoms with van der Waals surface area (Å²) in [7, 11) is -3.32. The minimum absolute atomic E-state index is 0.0238. The molecule has 0 radical (unpaired) electrons. The third-order valence-electron chi connectivity index (χ3n) is 5.66. The molecule has 2 N–H and O–H groups in total. The lowest BCUT2D eigenvalue weighted by Gasteiger charge is -2.21. The summed E-state index contributed by atoms with van der Waals surface area (Å²) in [6.45, 7) is 0.526. The monoisotopic (exact) mass is 394 g/mol. The molecule has 2 aliphatic heterocycles. The van der Waals surface area contributed by atoms with Gasteiger partial charge in [-0.05, 0) is 18.9 Å². The number of carbonyl (C=O) groups is 2. The van der Waals surface area contributed by atoms with Crippen LogP contribution in [0.2, 0.25) is 0 Å². The van der Waals surface area contributed by atoms with Gasteiger partial charge in [-0.25, -0.2) is 13.5 Å². The van der Waals surface area contributed by atoms with Crippen molar-refractivity contribution in [2.75, 3.05) is 18.8 Å². The highest BCUT2D eigenvalue weighted by molar-refractivity contribution is 7.92. The highest BCUT2D eigenvalue weighted by Gasteiger charge is 2.53. The third-order valence-corrected chi connectivity index (χ3v) is 7.90. The molecular formula is C17H22N4O5S. The molecule has 3 heterocycles. The summed E-state index contributed by atoms with van der Waals surface area (Å²) in [5, 5.41) is 8.49. The summed E-state index contributed by atoms with van der Waals surface area (Å²) in [4.78, 5) is 37.2. The quantitative estimate of drug-likeness (QED) is 0.649. The maximum atomic E-state index is 12.5. The van der Waals surface area contributed by atoms with E-state index in [2.05, 4.69) is 15.5 Å². The Hall–Kier alpha value is -2.23. The molecule has 10 heteroatoms. The highest BCUT2D eigenvalue weighted by Crippen LogP contribution is 2.36. The Bertz CT molecular complexity index is 903. The Morgan fingerprint density at radius 2 is 2.04 bits per heavy atom. The molecule has 0 spiro atoms. The van der Waals surface area contributed by atoms with Crippen LogP contribution in [0.5, 0.6) is 0 Å². The Balaban J connectivity index is 1.38. The number of fused-ring (bicyclic) bond motifs is 1. The van der Waals surface area contributed by atoms with Crippen LogP contribution in [-0.4, -0.2) is 65.5 Å². The number of aromatic nitrogens is 2. The zero-order valence-electron chi connectivity index (χ0n) is 14.8. The molecule has 9 nitrogen and oxygen atoms in total. The predicted molar refractivity (Wildman–Crippen MR) is 95.5 cm³/mol. The topological polar surface area (TPSA) is 129 Å². The number of aryl methyl sites for hydroxylation is 1. The SMILES string of the molecule is O=C(N[C@@H]1CS(=O)(=O)[C@H]2CN(C(=O)CCc3ccc(=O)[nH]n3)C[C@@H]12)C1CC1. The maximum absolute atomic E-state index is 12.5. The van der Waals surface area contributed by atoms with Crippen LogP contribution in [0.15, 0.2) is 16.9 Å². The number of hydrogen-bond acceptors (Lipinski definition) is 6. The van der Waals surface area contributed by atoms with Crippen molar-refractivity contribution in [3.8, 4) is 0 Å². The number of sulfone groups is 1. The van der Waals surface area contributed by atoms with E-state index in [1.807, 2.05) is 0 Å². The molecule has 4 rings (SSSR count). The van der Waals surface area contributed by atoms with Gasteiger partial charge in [0.05, 0.1) is 16.7 Å². The molecular weight excluding hydrogens is 372 g/mol. The number of H-pyrrole nitrogens is 1. The van der Waals surface area contributed by atoms with E-state index in [1.54, 1.807) is 11.0 Å². The fraction of sp³-hybridized carbons (Fsp3) is 0.647. The first-order chi connectivity index (χ1) is 12.8. The summed E-state index contributed by atoms with van der Waals surface area (Å²) in [6.07, 6.45) is 2.29. The van der Waals surface area contributed by atoms with Crippen molar-refractivity contribution in [1.29, 1.82) is 0 Å². The van der Waals surface area contributed by atoms with Gasteiger partial charge in [0.15, 0.2) is 9.84 Å². The van der Waals surface area contributed by atoms with Crippen molar-refractivity contribution in [2.45, 2.75) is 37.0 Å². The number of nitrogens with zero attached hydrogens (tertiary/aromatic N) is 2. The van der Waals surface area contributed by atoms with Crippen LogP contribution in [0.1, 0.15) is 25.0 Å². The van der Waals surface area contributed by atoms with Crippen molar-refractivity contribution in [2.24, 2.45) is 11.8 Å². The van der Waals surface area contributed by atoms with Crippen LogP contribution < -0.4 is 10.9 Å². The van der Waals surface area contributed by atoms with Gasteiger partial charge in [0.2, 0.25) is 11.8 Å². The molecule has 0 unspecified atom stereocenters. The average Bonchev–Trinajstić information content (AvgIpc) is 3.32. The Kier molecular flexibility index (Phi) is 4.53. The highest BCUT2D eigenvalue weighted by atomic mass is 32.2. The van der Waals surface area contributed by atoms with Gasteiger partial charge in [-0.15, -0.1) is 0 Å². The smallest absolute Gasteiger partial charge is 0.264 e. The maximum Gasteiger partial charge on any atom is 0.264 e. The minimum atomic E-state index is -3.32. The summed E-state index contributed by atoms with van der Waals surface area (Å²) < 4.78 is 24.9. The van der Waals surface area contributed by atoms with E-state index in [0.717, 1.165) is 12.8 Å². The summed E-state index contributed by atoms with van der Waals surface area (Å²) >= 11 is 0. The van der Waals surface area contributed by atoms with Crippen molar-refractivity contribution < 1.29 is 18.0 Å². The molecule has 3 atom stereocenters. The molecule has 1 saturated carbocycles. The lowest BCUT2D eigenvalue weighted by atomic mass is 10.0. The fourth-order valence-corrected chi connectivity index (χ4v) is 6.26. The largest absolute Gasteiger partial charge is 0.352 e. The van der Waals surface area contributed by atoms with Gasteiger partial charge in [0, 0.05) is 49.9 Å². The van der Waals surface area contributed by atoms with Gasteiger partial charge < -0.3 is 10.2 Å². The molecule has 0 aromatic carbocycles. The van der Waals surface area contributed by atoms with Crippen LogP contribution in [-0.2, 0) is 25.8 Å². The van der Waals surface area contributed by atoms with Crippen LogP contribution in [0.3, 0.4) is 0 Å². The fourth-order valence-electron chi connectivity index (χ4n) is 3.97. The van der Waals surface area contributed by atoms with Crippen molar-refractivity contribution in [3.63, 3.8) is 0 Å². The molecule has 2 saturated heterocycles. The van der Waals surface area contributed by atoms with E-state index >= 15 is 0 Å². The minimum Gasteiger partial charge on any atom is -0.352 e. The van der Waals surface area contributed by atoms with Crippen LogP contribution in [0, 0.1) is 11.8 Å². The number of aromatic amines is 1.